The predicted octanol–water partition coefficient (Wildman–Crippen LogP) is 1.56. The number of carbonyl (C=O) groups is 3. The van der Waals surface area contributed by atoms with Gasteiger partial charge in [0.2, 0.25) is 11.8 Å². The molecule has 0 unspecified atom stereocenters. The molecule has 1 saturated carbocycles. The highest BCUT2D eigenvalue weighted by Gasteiger charge is 2.66. The standard InChI is InChI=1S/C23H28FNO8/c24-16-8-12(5-6-17(16)27)18-10-15-20-14(9-13(11-26)23(15,32)33-18)21(30)25(22(20)31)7-3-1-2-4-19(28)29/h5-6,8,13-15,18,20,26-27,32H,1-4,7,9-11H2,(H,28,29)/t13-,14+,15+,18+,20+,23-/m1/s1. The van der Waals surface area contributed by atoms with Crippen LogP contribution in [0.2, 0.25) is 0 Å². The summed E-state index contributed by atoms with van der Waals surface area (Å²) in [5, 5.41) is 39.5. The number of likely N-dealkylation sites (tertiary alicyclic amines) is 1. The van der Waals surface area contributed by atoms with Crippen molar-refractivity contribution in [1.82, 2.24) is 4.90 Å². The zero-order valence-electron chi connectivity index (χ0n) is 18.0. The molecule has 1 aliphatic carbocycles. The van der Waals surface area contributed by atoms with E-state index in [-0.39, 0.29) is 31.7 Å². The smallest absolute Gasteiger partial charge is 0.303 e. The van der Waals surface area contributed by atoms with Gasteiger partial charge in [-0.25, -0.2) is 4.39 Å². The first-order valence-corrected chi connectivity index (χ1v) is 11.2. The van der Waals surface area contributed by atoms with Crippen LogP contribution in [0, 0.1) is 29.5 Å². The van der Waals surface area contributed by atoms with Crippen molar-refractivity contribution in [3.8, 4) is 5.75 Å². The summed E-state index contributed by atoms with van der Waals surface area (Å²) in [5.74, 6) is -7.88. The molecule has 2 aliphatic heterocycles. The molecule has 2 amide bonds. The summed E-state index contributed by atoms with van der Waals surface area (Å²) < 4.78 is 19.8. The van der Waals surface area contributed by atoms with E-state index in [1.165, 1.54) is 17.0 Å². The Balaban J connectivity index is 1.53. The highest BCUT2D eigenvalue weighted by molar-refractivity contribution is 6.05. The number of carboxylic acid groups (broad SMARTS) is 1. The van der Waals surface area contributed by atoms with Crippen molar-refractivity contribution >= 4 is 17.8 Å². The fourth-order valence-corrected chi connectivity index (χ4v) is 5.63. The molecular weight excluding hydrogens is 437 g/mol. The van der Waals surface area contributed by atoms with Crippen LogP contribution in [0.4, 0.5) is 4.39 Å². The zero-order chi connectivity index (χ0) is 23.9. The van der Waals surface area contributed by atoms with Gasteiger partial charge in [-0.15, -0.1) is 0 Å². The average molecular weight is 465 g/mol. The van der Waals surface area contributed by atoms with Crippen molar-refractivity contribution in [1.29, 1.82) is 0 Å². The summed E-state index contributed by atoms with van der Waals surface area (Å²) in [6, 6.07) is 3.76. The molecule has 0 aromatic heterocycles. The largest absolute Gasteiger partial charge is 0.505 e. The number of aromatic hydroxyl groups is 1. The van der Waals surface area contributed by atoms with Crippen LogP contribution in [0.3, 0.4) is 0 Å². The number of hydrogen-bond donors (Lipinski definition) is 4. The van der Waals surface area contributed by atoms with Crippen LogP contribution >= 0.6 is 0 Å². The number of carboxylic acids is 1. The Labute approximate surface area is 189 Å². The second kappa shape index (κ2) is 9.00. The molecule has 3 aliphatic rings. The number of carbonyl (C=O) groups excluding carboxylic acids is 2. The molecule has 9 nitrogen and oxygen atoms in total. The van der Waals surface area contributed by atoms with Crippen LogP contribution in [0.25, 0.3) is 0 Å². The molecule has 6 atom stereocenters. The first-order valence-electron chi connectivity index (χ1n) is 11.2. The van der Waals surface area contributed by atoms with Crippen molar-refractivity contribution in [3.63, 3.8) is 0 Å². The Hall–Kier alpha value is -2.56. The predicted molar refractivity (Wildman–Crippen MR) is 110 cm³/mol. The number of unbranched alkanes of at least 4 members (excludes halogenated alkanes) is 2. The molecule has 2 heterocycles. The quantitative estimate of drug-likeness (QED) is 0.334. The fourth-order valence-electron chi connectivity index (χ4n) is 5.63. The van der Waals surface area contributed by atoms with Gasteiger partial charge in [0.25, 0.3) is 0 Å². The van der Waals surface area contributed by atoms with Gasteiger partial charge in [-0.3, -0.25) is 19.3 Å². The lowest BCUT2D eigenvalue weighted by molar-refractivity contribution is -0.274. The summed E-state index contributed by atoms with van der Waals surface area (Å²) in [7, 11) is 0. The number of hydrogen-bond acceptors (Lipinski definition) is 7. The van der Waals surface area contributed by atoms with Crippen LogP contribution in [-0.2, 0) is 19.1 Å². The topological polar surface area (TPSA) is 145 Å². The maximum absolute atomic E-state index is 13.9. The number of imide groups is 1. The monoisotopic (exact) mass is 465 g/mol. The minimum Gasteiger partial charge on any atom is -0.505 e. The van der Waals surface area contributed by atoms with Crippen LogP contribution in [-0.4, -0.2) is 62.0 Å². The van der Waals surface area contributed by atoms with E-state index in [1.807, 2.05) is 0 Å². The van der Waals surface area contributed by atoms with Gasteiger partial charge < -0.3 is 25.2 Å². The molecule has 0 spiro atoms. The number of aliphatic carboxylic acids is 1. The maximum Gasteiger partial charge on any atom is 0.303 e. The van der Waals surface area contributed by atoms with Crippen LogP contribution in [0.15, 0.2) is 18.2 Å². The van der Waals surface area contributed by atoms with E-state index in [9.17, 15) is 34.1 Å². The lowest BCUT2D eigenvalue weighted by Crippen LogP contribution is -2.54. The highest BCUT2D eigenvalue weighted by Crippen LogP contribution is 2.58. The van der Waals surface area contributed by atoms with Crippen molar-refractivity contribution in [2.45, 2.75) is 50.4 Å². The number of amides is 2. The molecule has 4 N–H and O–H groups in total. The summed E-state index contributed by atoms with van der Waals surface area (Å²) in [5.41, 5.74) is 0.383. The number of aliphatic hydroxyl groups is 2. The minimum atomic E-state index is -1.84. The molecular formula is C23H28FNO8. The first kappa shape index (κ1) is 23.6. The van der Waals surface area contributed by atoms with E-state index in [0.29, 0.717) is 24.8 Å². The Morgan fingerprint density at radius 1 is 1.18 bits per heavy atom. The van der Waals surface area contributed by atoms with Crippen molar-refractivity contribution in [3.05, 3.63) is 29.6 Å². The lowest BCUT2D eigenvalue weighted by atomic mass is 9.64. The Morgan fingerprint density at radius 2 is 1.94 bits per heavy atom. The summed E-state index contributed by atoms with van der Waals surface area (Å²) >= 11 is 0. The zero-order valence-corrected chi connectivity index (χ0v) is 18.0. The normalized spacial score (nSPS) is 33.3. The van der Waals surface area contributed by atoms with E-state index in [1.54, 1.807) is 0 Å². The maximum atomic E-state index is 13.9. The molecule has 1 aromatic rings. The van der Waals surface area contributed by atoms with E-state index in [4.69, 9.17) is 9.84 Å². The number of phenols is 1. The van der Waals surface area contributed by atoms with Crippen LogP contribution < -0.4 is 0 Å². The van der Waals surface area contributed by atoms with Crippen molar-refractivity contribution in [2.75, 3.05) is 13.2 Å². The summed E-state index contributed by atoms with van der Waals surface area (Å²) in [6.45, 7) is -0.268. The second-order valence-corrected chi connectivity index (χ2v) is 9.19. The third-order valence-corrected chi connectivity index (χ3v) is 7.29. The summed E-state index contributed by atoms with van der Waals surface area (Å²) in [4.78, 5) is 38.1. The molecule has 0 radical (unpaired) electrons. The van der Waals surface area contributed by atoms with E-state index >= 15 is 0 Å². The number of phenolic OH excluding ortho intramolecular Hbond substituents is 1. The number of nitrogens with zero attached hydrogens (tertiary/aromatic N) is 1. The third kappa shape index (κ3) is 4.11. The van der Waals surface area contributed by atoms with Crippen molar-refractivity contribution < 1.29 is 43.9 Å². The minimum absolute atomic E-state index is 0.0248. The van der Waals surface area contributed by atoms with Gasteiger partial charge in [0.15, 0.2) is 17.4 Å². The Morgan fingerprint density at radius 3 is 2.61 bits per heavy atom. The molecule has 1 aromatic carbocycles. The van der Waals surface area contributed by atoms with Crippen LogP contribution in [0.5, 0.6) is 5.75 Å². The number of halogens is 1. The Kier molecular flexibility index (Phi) is 6.43. The molecule has 10 heteroatoms. The summed E-state index contributed by atoms with van der Waals surface area (Å²) in [6.07, 6.45) is 0.991. The average Bonchev–Trinajstić information content (AvgIpc) is 3.24. The number of ether oxygens (including phenoxy) is 1. The van der Waals surface area contributed by atoms with Gasteiger partial charge in [0.1, 0.15) is 0 Å². The van der Waals surface area contributed by atoms with E-state index in [0.717, 1.165) is 6.07 Å². The van der Waals surface area contributed by atoms with E-state index in [2.05, 4.69) is 0 Å². The number of fused-ring (bicyclic) bond motifs is 3. The fraction of sp³-hybridized carbons (Fsp3) is 0.609. The number of aliphatic hydroxyl groups excluding tert-OH is 1. The van der Waals surface area contributed by atoms with Gasteiger partial charge in [0.05, 0.1) is 24.5 Å². The molecule has 2 saturated heterocycles. The highest BCUT2D eigenvalue weighted by atomic mass is 19.1. The number of benzene rings is 1. The molecule has 180 valence electrons. The van der Waals surface area contributed by atoms with E-state index < -0.39 is 65.6 Å². The Bertz CT molecular complexity index is 954. The molecule has 3 fully saturated rings. The van der Waals surface area contributed by atoms with Gasteiger partial charge >= 0.3 is 5.97 Å². The second-order valence-electron chi connectivity index (χ2n) is 9.19. The van der Waals surface area contributed by atoms with Gasteiger partial charge in [-0.2, -0.15) is 0 Å². The number of rotatable bonds is 8. The van der Waals surface area contributed by atoms with Gasteiger partial charge in [0, 0.05) is 24.8 Å². The molecule has 33 heavy (non-hydrogen) atoms. The third-order valence-electron chi connectivity index (χ3n) is 7.29. The SMILES string of the molecule is O=C(O)CCCCCN1C(=O)[C@H]2[C@H](C[C@H](CO)[C@@]3(O)O[C@H](c4ccc(O)c(F)c4)C[C@@H]23)C1=O. The van der Waals surface area contributed by atoms with Gasteiger partial charge in [-0.1, -0.05) is 12.5 Å². The van der Waals surface area contributed by atoms with Gasteiger partial charge in [-0.05, 0) is 43.4 Å². The van der Waals surface area contributed by atoms with Crippen molar-refractivity contribution in [2.24, 2.45) is 23.7 Å². The molecule has 4 rings (SSSR count). The lowest BCUT2D eigenvalue weighted by Gasteiger charge is -2.44. The molecule has 0 bridgehead atoms. The first-order chi connectivity index (χ1) is 15.7. The van der Waals surface area contributed by atoms with Crippen LogP contribution in [0.1, 0.15) is 50.2 Å².